The molecule has 3 rings (SSSR count). The number of rotatable bonds is 6. The Morgan fingerprint density at radius 3 is 2.29 bits per heavy atom. The van der Waals surface area contributed by atoms with E-state index in [1.165, 1.54) is 0 Å². The summed E-state index contributed by atoms with van der Waals surface area (Å²) in [7, 11) is -1.74. The number of hydrogen-bond donors (Lipinski definition) is 2. The van der Waals surface area contributed by atoms with Crippen molar-refractivity contribution in [3.63, 3.8) is 0 Å². The normalized spacial score (nSPS) is 11.8. The van der Waals surface area contributed by atoms with Crippen LogP contribution >= 0.6 is 11.6 Å². The fourth-order valence-electron chi connectivity index (χ4n) is 2.74. The molecule has 0 atom stereocenters. The van der Waals surface area contributed by atoms with E-state index in [1.807, 2.05) is 36.4 Å². The molecule has 9 nitrogen and oxygen atoms in total. The van der Waals surface area contributed by atoms with Crippen molar-refractivity contribution in [2.45, 2.75) is 6.42 Å². The van der Waals surface area contributed by atoms with Gasteiger partial charge in [-0.05, 0) is 36.4 Å². The predicted octanol–water partition coefficient (Wildman–Crippen LogP) is -2.62. The summed E-state index contributed by atoms with van der Waals surface area (Å²) in [6, 6.07) is 13.1. The van der Waals surface area contributed by atoms with Crippen molar-refractivity contribution >= 4 is 22.6 Å². The molecule has 0 aliphatic carbocycles. The Kier molecular flexibility index (Phi) is 9.08. The summed E-state index contributed by atoms with van der Waals surface area (Å²) in [5.41, 5.74) is 1.58. The van der Waals surface area contributed by atoms with E-state index in [0.717, 1.165) is 16.3 Å². The minimum absolute atomic E-state index is 0.130. The van der Waals surface area contributed by atoms with Gasteiger partial charge in [-0.15, -0.1) is 10.2 Å². The molecule has 0 aliphatic rings. The smallest absolute Gasteiger partial charge is 0.213 e. The summed E-state index contributed by atoms with van der Waals surface area (Å²) in [5.74, 6) is 1.98. The maximum absolute atomic E-state index is 9.04. The standard InChI is InChI=1S/C20H20ClNO4.ClHO4/c1-24-18-6-4-13(10-20(18)25-2)19-12-16(22-8-3-9-23)15-11-14(21)5-7-17(15)26-19;2-1(3,4)5/h4-7,10-12,23H,3,8-9H2,1-2H3;(H,2,3,4,5). The van der Waals surface area contributed by atoms with E-state index in [2.05, 4.69) is 4.99 Å². The SMILES string of the molecule is COc1ccc(-c2cc(=[NH+]CCCO)c3cc(Cl)ccc3o2)cc1OC.[O-][Cl+3]([O-])([O-])[O-]. The first-order valence-corrected chi connectivity index (χ1v) is 10.5. The summed E-state index contributed by atoms with van der Waals surface area (Å²) in [4.78, 5) is 3.34. The Morgan fingerprint density at radius 2 is 1.68 bits per heavy atom. The second kappa shape index (κ2) is 11.3. The molecule has 0 unspecified atom stereocenters. The molecule has 0 radical (unpaired) electrons. The van der Waals surface area contributed by atoms with Crippen LogP contribution in [-0.4, -0.2) is 32.5 Å². The van der Waals surface area contributed by atoms with Crippen molar-refractivity contribution in [1.29, 1.82) is 0 Å². The highest BCUT2D eigenvalue weighted by molar-refractivity contribution is 6.31. The third-order valence-corrected chi connectivity index (χ3v) is 4.28. The van der Waals surface area contributed by atoms with E-state index in [1.54, 1.807) is 20.3 Å². The lowest BCUT2D eigenvalue weighted by molar-refractivity contribution is -2.00. The van der Waals surface area contributed by atoms with Gasteiger partial charge < -0.3 is 19.0 Å². The van der Waals surface area contributed by atoms with E-state index < -0.39 is 10.2 Å². The topological polar surface area (TPSA) is 158 Å². The first-order valence-electron chi connectivity index (χ1n) is 8.91. The van der Waals surface area contributed by atoms with Crippen LogP contribution < -0.4 is 38.5 Å². The minimum Gasteiger partial charge on any atom is -0.493 e. The Hall–Kier alpha value is -2.37. The Morgan fingerprint density at radius 1 is 1.00 bits per heavy atom. The lowest BCUT2D eigenvalue weighted by Gasteiger charge is -2.17. The van der Waals surface area contributed by atoms with Gasteiger partial charge in [-0.3, -0.25) is 0 Å². The maximum Gasteiger partial charge on any atom is 0.213 e. The van der Waals surface area contributed by atoms with Gasteiger partial charge in [0.2, 0.25) is 5.36 Å². The van der Waals surface area contributed by atoms with Crippen molar-refractivity contribution in [2.24, 2.45) is 0 Å². The van der Waals surface area contributed by atoms with Crippen LogP contribution in [0.15, 0.2) is 46.9 Å². The molecule has 3 aromatic rings. The van der Waals surface area contributed by atoms with Crippen molar-refractivity contribution in [3.8, 4) is 22.8 Å². The fraction of sp³-hybridized carbons (Fsp3) is 0.250. The van der Waals surface area contributed by atoms with Gasteiger partial charge in [-0.25, -0.2) is 23.6 Å². The molecule has 0 saturated heterocycles. The molecule has 0 saturated carbocycles. The molecule has 1 heterocycles. The summed E-state index contributed by atoms with van der Waals surface area (Å²) >= 11 is 6.14. The molecule has 0 spiro atoms. The first-order chi connectivity index (χ1) is 14.7. The van der Waals surface area contributed by atoms with E-state index in [9.17, 15) is 0 Å². The number of aliphatic hydroxyl groups excluding tert-OH is 1. The number of ether oxygens (including phenoxy) is 2. The van der Waals surface area contributed by atoms with Gasteiger partial charge in [0.25, 0.3) is 0 Å². The number of methoxy groups -OCH3 is 2. The van der Waals surface area contributed by atoms with E-state index in [-0.39, 0.29) is 6.61 Å². The number of halogens is 2. The Labute approximate surface area is 185 Å². The number of fused-ring (bicyclic) bond motifs is 1. The zero-order chi connectivity index (χ0) is 23.0. The Bertz CT molecular complexity index is 1070. The second-order valence-corrected chi connectivity index (χ2v) is 7.31. The molecule has 2 N–H and O–H groups in total. The minimum atomic E-state index is -4.94. The van der Waals surface area contributed by atoms with Crippen molar-refractivity contribution in [3.05, 3.63) is 52.8 Å². The number of hydrogen-bond acceptors (Lipinski definition) is 8. The van der Waals surface area contributed by atoms with Gasteiger partial charge in [-0.2, -0.15) is 0 Å². The highest BCUT2D eigenvalue weighted by atomic mass is 35.7. The van der Waals surface area contributed by atoms with Crippen LogP contribution in [0.25, 0.3) is 22.3 Å². The zero-order valence-electron chi connectivity index (χ0n) is 16.7. The van der Waals surface area contributed by atoms with Gasteiger partial charge in [0, 0.05) is 23.6 Å². The largest absolute Gasteiger partial charge is 0.493 e. The van der Waals surface area contributed by atoms with Crippen molar-refractivity contribution < 1.29 is 52.9 Å². The monoisotopic (exact) mass is 473 g/mol. The van der Waals surface area contributed by atoms with Crippen LogP contribution in [-0.2, 0) is 0 Å². The van der Waals surface area contributed by atoms with E-state index in [0.29, 0.717) is 40.8 Å². The van der Waals surface area contributed by atoms with Crippen LogP contribution in [0.2, 0.25) is 5.02 Å². The summed E-state index contributed by atoms with van der Waals surface area (Å²) in [6.45, 7) is 0.777. The number of aliphatic hydroxyl groups is 1. The van der Waals surface area contributed by atoms with Gasteiger partial charge in [0.05, 0.1) is 25.7 Å². The predicted molar refractivity (Wildman–Crippen MR) is 100 cm³/mol. The van der Waals surface area contributed by atoms with Crippen LogP contribution in [0.4, 0.5) is 0 Å². The van der Waals surface area contributed by atoms with Crippen LogP contribution in [0, 0.1) is 10.2 Å². The van der Waals surface area contributed by atoms with Gasteiger partial charge >= 0.3 is 0 Å². The summed E-state index contributed by atoms with van der Waals surface area (Å²) < 4.78 is 50.7. The van der Waals surface area contributed by atoms with Crippen molar-refractivity contribution in [1.82, 2.24) is 0 Å². The maximum atomic E-state index is 9.04. The molecule has 0 amide bonds. The molecular weight excluding hydrogens is 453 g/mol. The molecule has 1 aromatic heterocycles. The number of nitrogens with one attached hydrogen (secondary N) is 1. The van der Waals surface area contributed by atoms with E-state index in [4.69, 9.17) is 49.2 Å². The third-order valence-electron chi connectivity index (χ3n) is 4.05. The highest BCUT2D eigenvalue weighted by Gasteiger charge is 2.12. The zero-order valence-corrected chi connectivity index (χ0v) is 18.2. The summed E-state index contributed by atoms with van der Waals surface area (Å²) in [6.07, 6.45) is 0.653. The summed E-state index contributed by atoms with van der Waals surface area (Å²) in [5, 5.41) is 11.5. The Balaban J connectivity index is 0.000000614. The van der Waals surface area contributed by atoms with Crippen molar-refractivity contribution in [2.75, 3.05) is 27.4 Å². The molecule has 11 heteroatoms. The van der Waals surface area contributed by atoms with Crippen LogP contribution in [0.3, 0.4) is 0 Å². The highest BCUT2D eigenvalue weighted by Crippen LogP contribution is 2.32. The molecule has 0 aliphatic heterocycles. The van der Waals surface area contributed by atoms with Gasteiger partial charge in [-0.1, -0.05) is 11.6 Å². The number of benzene rings is 2. The molecule has 2 aromatic carbocycles. The third kappa shape index (κ3) is 7.67. The average molecular weight is 474 g/mol. The first kappa shape index (κ1) is 24.9. The van der Waals surface area contributed by atoms with Gasteiger partial charge in [0.15, 0.2) is 11.5 Å². The average Bonchev–Trinajstić information content (AvgIpc) is 2.72. The molecule has 0 bridgehead atoms. The molecular formula is C20H21Cl2NO8. The lowest BCUT2D eigenvalue weighted by Crippen LogP contribution is -2.76. The molecule has 168 valence electrons. The quantitative estimate of drug-likeness (QED) is 0.368. The van der Waals surface area contributed by atoms with Crippen LogP contribution in [0.5, 0.6) is 11.5 Å². The molecule has 31 heavy (non-hydrogen) atoms. The van der Waals surface area contributed by atoms with E-state index >= 15 is 0 Å². The van der Waals surface area contributed by atoms with Crippen LogP contribution in [0.1, 0.15) is 6.42 Å². The second-order valence-electron chi connectivity index (χ2n) is 6.12. The fourth-order valence-corrected chi connectivity index (χ4v) is 2.91. The van der Waals surface area contributed by atoms with Gasteiger partial charge in [0.1, 0.15) is 17.9 Å². The molecule has 0 fully saturated rings. The lowest BCUT2D eigenvalue weighted by atomic mass is 10.1.